The van der Waals surface area contributed by atoms with E-state index in [9.17, 15) is 36.1 Å². The van der Waals surface area contributed by atoms with E-state index in [0.717, 1.165) is 37.7 Å². The lowest BCUT2D eigenvalue weighted by Gasteiger charge is -2.53. The molecular formula is C38H57F5O9S. The fourth-order valence-corrected chi connectivity index (χ4v) is 9.69. The van der Waals surface area contributed by atoms with Gasteiger partial charge in [-0.1, -0.05) is 13.0 Å². The molecule has 0 aliphatic heterocycles. The molecule has 3 aliphatic rings. The number of halogens is 5. The van der Waals surface area contributed by atoms with Crippen LogP contribution < -0.4 is 4.74 Å². The van der Waals surface area contributed by atoms with E-state index in [1.54, 1.807) is 7.11 Å². The third-order valence-electron chi connectivity index (χ3n) is 11.3. The highest BCUT2D eigenvalue weighted by molar-refractivity contribution is 7.84. The molecule has 3 aliphatic carbocycles. The summed E-state index contributed by atoms with van der Waals surface area (Å²) in [6.07, 6.45) is -2.26. The first-order chi connectivity index (χ1) is 25.3. The van der Waals surface area contributed by atoms with Crippen LogP contribution in [-0.2, 0) is 45.7 Å². The lowest BCUT2D eigenvalue weighted by molar-refractivity contribution is -0.284. The minimum atomic E-state index is -5.61. The fourth-order valence-electron chi connectivity index (χ4n) is 8.53. The molecule has 0 bridgehead atoms. The highest BCUT2D eigenvalue weighted by atomic mass is 32.2. The number of esters is 1. The van der Waals surface area contributed by atoms with Crippen molar-refractivity contribution in [3.05, 3.63) is 29.3 Å². The van der Waals surface area contributed by atoms with Crippen LogP contribution in [0, 0.1) is 23.2 Å². The predicted molar refractivity (Wildman–Crippen MR) is 189 cm³/mol. The highest BCUT2D eigenvalue weighted by Crippen LogP contribution is 2.62. The van der Waals surface area contributed by atoms with Gasteiger partial charge in [0.25, 0.3) is 0 Å². The average molecular weight is 785 g/mol. The van der Waals surface area contributed by atoms with Gasteiger partial charge in [-0.2, -0.15) is 22.0 Å². The third-order valence-corrected chi connectivity index (χ3v) is 12.8. The number of hydrogen-bond donors (Lipinski definition) is 1. The number of carbonyl (C=O) groups is 1. The summed E-state index contributed by atoms with van der Waals surface area (Å²) in [6, 6.07) is 5.81. The van der Waals surface area contributed by atoms with Crippen LogP contribution in [0.5, 0.6) is 5.75 Å². The maximum Gasteiger partial charge on any atom is 0.453 e. The molecule has 304 valence electrons. The quantitative estimate of drug-likeness (QED) is 0.0534. The van der Waals surface area contributed by atoms with E-state index in [-0.39, 0.29) is 47.9 Å². The number of rotatable bonds is 24. The smallest absolute Gasteiger partial charge is 0.426 e. The van der Waals surface area contributed by atoms with Gasteiger partial charge >= 0.3 is 18.1 Å². The minimum Gasteiger partial charge on any atom is -0.426 e. The summed E-state index contributed by atoms with van der Waals surface area (Å²) in [5, 5.41) is 11.0. The number of benzene rings is 1. The molecule has 7 atom stereocenters. The fraction of sp³-hybridized carbons (Fsp3) is 0.816. The molecular weight excluding hydrogens is 727 g/mol. The molecule has 1 aromatic rings. The van der Waals surface area contributed by atoms with E-state index < -0.39 is 41.7 Å². The Morgan fingerprint density at radius 1 is 0.887 bits per heavy atom. The van der Waals surface area contributed by atoms with Gasteiger partial charge in [-0.25, -0.2) is 0 Å². The van der Waals surface area contributed by atoms with Crippen molar-refractivity contribution in [2.45, 2.75) is 95.3 Å². The number of hydrogen-bond acceptors (Lipinski definition) is 9. The molecule has 1 N–H and O–H groups in total. The summed E-state index contributed by atoms with van der Waals surface area (Å²) in [6.45, 7) is 5.97. The third kappa shape index (κ3) is 12.6. The number of aliphatic hydroxyl groups excluding tert-OH is 1. The summed E-state index contributed by atoms with van der Waals surface area (Å²) in [5.41, 5.74) is 2.14. The van der Waals surface area contributed by atoms with Crippen molar-refractivity contribution in [3.8, 4) is 5.75 Å². The Morgan fingerprint density at radius 2 is 1.51 bits per heavy atom. The SMILES string of the molecule is COCCOCCOCCOCCOCCC(=O)Oc1ccc2c(c1)C[C@@H](CCCS(=O)CCCC(F)(F)C(F)(F)F)[C@@H]1[C@@H]2CC[C@]2(C)[C@@H](O)CC[C@@H]12. The van der Waals surface area contributed by atoms with E-state index in [1.807, 2.05) is 12.1 Å². The first kappa shape index (κ1) is 44.0. The van der Waals surface area contributed by atoms with Crippen molar-refractivity contribution in [3.63, 3.8) is 0 Å². The molecule has 1 aromatic carbocycles. The van der Waals surface area contributed by atoms with Crippen LogP contribution >= 0.6 is 0 Å². The Kier molecular flexibility index (Phi) is 17.4. The van der Waals surface area contributed by atoms with Crippen molar-refractivity contribution in [2.75, 3.05) is 78.1 Å². The van der Waals surface area contributed by atoms with Gasteiger partial charge in [0.15, 0.2) is 0 Å². The van der Waals surface area contributed by atoms with Gasteiger partial charge in [-0.05, 0) is 104 Å². The minimum absolute atomic E-state index is 0.0736. The van der Waals surface area contributed by atoms with Crippen LogP contribution in [0.1, 0.15) is 81.8 Å². The summed E-state index contributed by atoms with van der Waals surface area (Å²) in [5.74, 6) is -3.65. The van der Waals surface area contributed by atoms with Crippen LogP contribution in [0.2, 0.25) is 0 Å². The monoisotopic (exact) mass is 784 g/mol. The van der Waals surface area contributed by atoms with E-state index in [1.165, 1.54) is 5.56 Å². The summed E-state index contributed by atoms with van der Waals surface area (Å²) in [4.78, 5) is 12.6. The molecule has 0 amide bonds. The van der Waals surface area contributed by atoms with Crippen molar-refractivity contribution in [1.82, 2.24) is 0 Å². The van der Waals surface area contributed by atoms with Gasteiger partial charge in [0.1, 0.15) is 5.75 Å². The molecule has 1 unspecified atom stereocenters. The van der Waals surface area contributed by atoms with E-state index in [0.29, 0.717) is 83.3 Å². The van der Waals surface area contributed by atoms with Crippen LogP contribution in [-0.4, -0.2) is 112 Å². The number of ether oxygens (including phenoxy) is 6. The Labute approximate surface area is 312 Å². The van der Waals surface area contributed by atoms with E-state index in [4.69, 9.17) is 28.4 Å². The molecule has 2 saturated carbocycles. The van der Waals surface area contributed by atoms with Crippen LogP contribution in [0.25, 0.3) is 0 Å². The Hall–Kier alpha value is -1.75. The normalized spacial score (nSPS) is 26.2. The standard InChI is InChI=1S/C38H57F5O9S/c1-36-13-10-31-30-7-6-29(52-34(45)11-14-48-17-18-50-21-22-51-20-19-49-16-15-47-2)26-28(30)25-27(35(31)32(36)8-9-33(36)44)5-3-23-53(46)24-4-12-37(39,40)38(41,42)43/h6-7,26-27,31-33,35,44H,3-5,8-25H2,1-2H3/t27-,31-,32+,33+,35-,36+,53?/m1/s1. The number of aliphatic hydroxyl groups is 1. The second-order valence-corrected chi connectivity index (χ2v) is 16.4. The van der Waals surface area contributed by atoms with Crippen molar-refractivity contribution < 1.29 is 64.5 Å². The topological polar surface area (TPSA) is 110 Å². The predicted octanol–water partition coefficient (Wildman–Crippen LogP) is 6.64. The molecule has 0 heterocycles. The summed E-state index contributed by atoms with van der Waals surface area (Å²) in [7, 11) is 0.109. The lowest BCUT2D eigenvalue weighted by atomic mass is 9.52. The van der Waals surface area contributed by atoms with Gasteiger partial charge in [0.05, 0.1) is 72.0 Å². The van der Waals surface area contributed by atoms with Gasteiger partial charge in [-0.3, -0.25) is 9.00 Å². The number of fused-ring (bicyclic) bond motifs is 5. The zero-order chi connectivity index (χ0) is 38.5. The first-order valence-corrected chi connectivity index (χ1v) is 20.4. The largest absolute Gasteiger partial charge is 0.453 e. The molecule has 0 spiro atoms. The molecule has 9 nitrogen and oxygen atoms in total. The Balaban J connectivity index is 1.23. The second kappa shape index (κ2) is 21.0. The molecule has 15 heteroatoms. The zero-order valence-corrected chi connectivity index (χ0v) is 31.8. The number of carbonyl (C=O) groups excluding carboxylic acids is 1. The molecule has 0 radical (unpaired) electrons. The molecule has 2 fully saturated rings. The lowest BCUT2D eigenvalue weighted by Crippen LogP contribution is -2.47. The number of methoxy groups -OCH3 is 1. The van der Waals surface area contributed by atoms with Crippen molar-refractivity contribution >= 4 is 16.8 Å². The molecule has 0 aromatic heterocycles. The van der Waals surface area contributed by atoms with E-state index in [2.05, 4.69) is 13.0 Å². The average Bonchev–Trinajstić information content (AvgIpc) is 3.41. The molecule has 0 saturated heterocycles. The highest BCUT2D eigenvalue weighted by Gasteiger charge is 2.57. The maximum atomic E-state index is 13.3. The van der Waals surface area contributed by atoms with Gasteiger partial charge in [-0.15, -0.1) is 0 Å². The number of alkyl halides is 5. The van der Waals surface area contributed by atoms with Crippen LogP contribution in [0.3, 0.4) is 0 Å². The zero-order valence-electron chi connectivity index (χ0n) is 31.0. The van der Waals surface area contributed by atoms with Crippen molar-refractivity contribution in [1.29, 1.82) is 0 Å². The second-order valence-electron chi connectivity index (χ2n) is 14.7. The molecule has 53 heavy (non-hydrogen) atoms. The van der Waals surface area contributed by atoms with Gasteiger partial charge in [0.2, 0.25) is 0 Å². The Morgan fingerprint density at radius 3 is 2.15 bits per heavy atom. The van der Waals surface area contributed by atoms with Gasteiger partial charge in [0, 0.05) is 35.8 Å². The Bertz CT molecular complexity index is 1300. The van der Waals surface area contributed by atoms with Gasteiger partial charge < -0.3 is 33.5 Å². The van der Waals surface area contributed by atoms with Crippen LogP contribution in [0.15, 0.2) is 18.2 Å². The maximum absolute atomic E-state index is 13.3. The van der Waals surface area contributed by atoms with E-state index >= 15 is 0 Å². The summed E-state index contributed by atoms with van der Waals surface area (Å²) >= 11 is 0. The van der Waals surface area contributed by atoms with Crippen molar-refractivity contribution in [2.24, 2.45) is 23.2 Å². The molecule has 4 rings (SSSR count). The summed E-state index contributed by atoms with van der Waals surface area (Å²) < 4.78 is 109. The van der Waals surface area contributed by atoms with Crippen LogP contribution in [0.4, 0.5) is 22.0 Å². The first-order valence-electron chi connectivity index (χ1n) is 18.9.